The highest BCUT2D eigenvalue weighted by atomic mass is 32.2. The zero-order valence-corrected chi connectivity index (χ0v) is 19.4. The Hall–Kier alpha value is -3.73. The van der Waals surface area contributed by atoms with Crippen LogP contribution in [0.15, 0.2) is 73.1 Å². The van der Waals surface area contributed by atoms with Crippen LogP contribution in [0.5, 0.6) is 0 Å². The third-order valence-corrected chi connectivity index (χ3v) is 7.64. The van der Waals surface area contributed by atoms with Gasteiger partial charge in [0.2, 0.25) is 5.91 Å². The van der Waals surface area contributed by atoms with Gasteiger partial charge in [0.15, 0.2) is 0 Å². The molecule has 34 heavy (non-hydrogen) atoms. The maximum absolute atomic E-state index is 13.8. The first kappa shape index (κ1) is 20.8. The first-order valence-corrected chi connectivity index (χ1v) is 12.3. The van der Waals surface area contributed by atoms with E-state index in [-0.39, 0.29) is 5.91 Å². The number of anilines is 1. The summed E-state index contributed by atoms with van der Waals surface area (Å²) >= 11 is 1.68. The number of hydrogen-bond donors (Lipinski definition) is 0. The third-order valence-electron chi connectivity index (χ3n) is 6.87. The van der Waals surface area contributed by atoms with Crippen LogP contribution in [0.1, 0.15) is 17.0 Å². The Labute approximate surface area is 202 Å². The summed E-state index contributed by atoms with van der Waals surface area (Å²) in [6.45, 7) is 1.81. The van der Waals surface area contributed by atoms with Gasteiger partial charge in [0.05, 0.1) is 12.2 Å². The lowest BCUT2D eigenvalue weighted by Gasteiger charge is -2.45. The number of pyridine rings is 2. The lowest BCUT2D eigenvalue weighted by Crippen LogP contribution is -2.61. The first-order valence-electron chi connectivity index (χ1n) is 11.1. The van der Waals surface area contributed by atoms with Crippen molar-refractivity contribution in [1.82, 2.24) is 14.3 Å². The van der Waals surface area contributed by atoms with Gasteiger partial charge in [-0.25, -0.2) is 9.29 Å². The lowest BCUT2D eigenvalue weighted by atomic mass is 9.76. The molecule has 4 aromatic rings. The molecule has 0 bridgehead atoms. The number of benzene rings is 2. The topological polar surface area (TPSA) is 73.1 Å². The van der Waals surface area contributed by atoms with Gasteiger partial charge in [0.1, 0.15) is 17.2 Å². The first-order chi connectivity index (χ1) is 16.6. The number of nitriles is 1. The zero-order valence-electron chi connectivity index (χ0n) is 18.6. The maximum Gasteiger partial charge on any atom is 0.240 e. The number of fused-ring (bicyclic) bond motifs is 3. The molecule has 0 saturated carbocycles. The SMILES string of the molecule is CSN1CC2(C1)C(=O)N(Cc1ncc3ccccc3c1-c1ccc(C#N)nc1)c1ccccc12. The fourth-order valence-corrected chi connectivity index (χ4v) is 5.85. The van der Waals surface area contributed by atoms with E-state index in [1.807, 2.05) is 59.8 Å². The molecule has 0 atom stereocenters. The molecule has 2 aromatic carbocycles. The van der Waals surface area contributed by atoms with Crippen molar-refractivity contribution in [1.29, 1.82) is 5.26 Å². The highest BCUT2D eigenvalue weighted by Gasteiger charge is 2.57. The Bertz CT molecular complexity index is 1470. The van der Waals surface area contributed by atoms with Crippen molar-refractivity contribution in [2.24, 2.45) is 0 Å². The van der Waals surface area contributed by atoms with Crippen LogP contribution in [0.25, 0.3) is 21.9 Å². The molecule has 7 heteroatoms. The van der Waals surface area contributed by atoms with E-state index in [9.17, 15) is 10.1 Å². The molecule has 6 nitrogen and oxygen atoms in total. The summed E-state index contributed by atoms with van der Waals surface area (Å²) in [7, 11) is 0. The summed E-state index contributed by atoms with van der Waals surface area (Å²) in [6, 6.07) is 21.9. The molecule has 1 saturated heterocycles. The summed E-state index contributed by atoms with van der Waals surface area (Å²) in [5, 5.41) is 11.2. The van der Waals surface area contributed by atoms with E-state index in [1.165, 1.54) is 0 Å². The second kappa shape index (κ2) is 7.94. The molecule has 1 spiro atoms. The molecule has 0 N–H and O–H groups in total. The van der Waals surface area contributed by atoms with Crippen LogP contribution < -0.4 is 4.90 Å². The molecule has 1 amide bonds. The van der Waals surface area contributed by atoms with Crippen molar-refractivity contribution in [3.8, 4) is 17.2 Å². The maximum atomic E-state index is 13.8. The minimum atomic E-state index is -0.480. The van der Waals surface area contributed by atoms with Gasteiger partial charge in [0, 0.05) is 47.7 Å². The molecule has 0 radical (unpaired) electrons. The molecule has 4 heterocycles. The van der Waals surface area contributed by atoms with Crippen LogP contribution in [-0.2, 0) is 16.8 Å². The van der Waals surface area contributed by atoms with Crippen molar-refractivity contribution < 1.29 is 4.79 Å². The quantitative estimate of drug-likeness (QED) is 0.414. The van der Waals surface area contributed by atoms with Crippen LogP contribution >= 0.6 is 11.9 Å². The van der Waals surface area contributed by atoms with Gasteiger partial charge >= 0.3 is 0 Å². The Balaban J connectivity index is 1.47. The van der Waals surface area contributed by atoms with Gasteiger partial charge in [-0.3, -0.25) is 9.78 Å². The molecular weight excluding hydrogens is 442 g/mol. The van der Waals surface area contributed by atoms with Crippen molar-refractivity contribution in [2.75, 3.05) is 24.2 Å². The zero-order chi connectivity index (χ0) is 23.3. The molecule has 166 valence electrons. The molecule has 2 aromatic heterocycles. The summed E-state index contributed by atoms with van der Waals surface area (Å²) in [5.41, 5.74) is 4.59. The van der Waals surface area contributed by atoms with Gasteiger partial charge in [-0.15, -0.1) is 0 Å². The number of hydrogen-bond acceptors (Lipinski definition) is 6. The fourth-order valence-electron chi connectivity index (χ4n) is 5.15. The van der Waals surface area contributed by atoms with Crippen LogP contribution in [0.3, 0.4) is 0 Å². The Morgan fingerprint density at radius 2 is 1.82 bits per heavy atom. The largest absolute Gasteiger partial charge is 0.305 e. The standard InChI is InChI=1S/C27H21N5OS/c1-34-31-16-27(17-31)22-8-4-5-9-24(22)32(26(27)33)15-23-25(19-10-11-20(12-28)29-14-19)21-7-3-2-6-18(21)13-30-23/h2-11,13-14H,15-17H2,1H3. The molecule has 1 fully saturated rings. The number of carbonyl (C=O) groups excluding carboxylic acids is 1. The fraction of sp³-hybridized carbons (Fsp3) is 0.185. The van der Waals surface area contributed by atoms with Crippen molar-refractivity contribution in [2.45, 2.75) is 12.0 Å². The summed E-state index contributed by atoms with van der Waals surface area (Å²) in [4.78, 5) is 24.8. The molecule has 0 aliphatic carbocycles. The van der Waals surface area contributed by atoms with Gasteiger partial charge in [0.25, 0.3) is 0 Å². The summed E-state index contributed by atoms with van der Waals surface area (Å²) in [6.07, 6.45) is 5.63. The van der Waals surface area contributed by atoms with E-state index in [1.54, 1.807) is 24.2 Å². The van der Waals surface area contributed by atoms with Crippen LogP contribution in [0, 0.1) is 11.3 Å². The van der Waals surface area contributed by atoms with E-state index in [4.69, 9.17) is 4.98 Å². The van der Waals surface area contributed by atoms with E-state index in [2.05, 4.69) is 27.5 Å². The van der Waals surface area contributed by atoms with Gasteiger partial charge in [-0.1, -0.05) is 54.4 Å². The van der Waals surface area contributed by atoms with Gasteiger partial charge < -0.3 is 4.90 Å². The van der Waals surface area contributed by atoms with Gasteiger partial charge in [-0.2, -0.15) is 5.26 Å². The van der Waals surface area contributed by atoms with E-state index in [0.29, 0.717) is 12.2 Å². The minimum Gasteiger partial charge on any atom is -0.305 e. The normalized spacial score (nSPS) is 16.5. The Morgan fingerprint density at radius 3 is 2.59 bits per heavy atom. The lowest BCUT2D eigenvalue weighted by molar-refractivity contribution is -0.126. The van der Waals surface area contributed by atoms with Gasteiger partial charge in [-0.05, 0) is 35.4 Å². The summed E-state index contributed by atoms with van der Waals surface area (Å²) < 4.78 is 2.22. The van der Waals surface area contributed by atoms with Crippen LogP contribution in [0.2, 0.25) is 0 Å². The second-order valence-electron chi connectivity index (χ2n) is 8.68. The third kappa shape index (κ3) is 3.03. The van der Waals surface area contributed by atoms with Crippen LogP contribution in [-0.4, -0.2) is 39.5 Å². The molecule has 2 aliphatic heterocycles. The number of rotatable bonds is 4. The van der Waals surface area contributed by atoms with E-state index in [0.717, 1.165) is 51.9 Å². The molecule has 0 unspecified atom stereocenters. The predicted molar refractivity (Wildman–Crippen MR) is 134 cm³/mol. The Kier molecular flexibility index (Phi) is 4.87. The number of aromatic nitrogens is 2. The summed E-state index contributed by atoms with van der Waals surface area (Å²) in [5.74, 6) is 0.137. The number of amides is 1. The molecule has 2 aliphatic rings. The molecular formula is C27H21N5OS. The monoisotopic (exact) mass is 463 g/mol. The second-order valence-corrected chi connectivity index (χ2v) is 9.56. The highest BCUT2D eigenvalue weighted by molar-refractivity contribution is 7.96. The highest BCUT2D eigenvalue weighted by Crippen LogP contribution is 2.49. The smallest absolute Gasteiger partial charge is 0.240 e. The number of nitrogens with zero attached hydrogens (tertiary/aromatic N) is 5. The average molecular weight is 464 g/mol. The van der Waals surface area contributed by atoms with Crippen molar-refractivity contribution in [3.63, 3.8) is 0 Å². The van der Waals surface area contributed by atoms with Crippen LogP contribution in [0.4, 0.5) is 5.69 Å². The Morgan fingerprint density at radius 1 is 1.03 bits per heavy atom. The van der Waals surface area contributed by atoms with Crippen molar-refractivity contribution >= 4 is 34.3 Å². The number of para-hydroxylation sites is 1. The molecule has 6 rings (SSSR count). The minimum absolute atomic E-state index is 0.137. The predicted octanol–water partition coefficient (Wildman–Crippen LogP) is 4.55. The van der Waals surface area contributed by atoms with E-state index < -0.39 is 5.41 Å². The van der Waals surface area contributed by atoms with E-state index >= 15 is 0 Å². The van der Waals surface area contributed by atoms with Crippen molar-refractivity contribution in [3.05, 3.63) is 90.0 Å². The average Bonchev–Trinajstić information content (AvgIpc) is 3.11. The number of carbonyl (C=O) groups is 1.